The second-order valence-corrected chi connectivity index (χ2v) is 12.3. The molecule has 0 aliphatic carbocycles. The molecule has 1 spiro atoms. The molecule has 3 aliphatic rings. The molecule has 0 aromatic heterocycles. The van der Waals surface area contributed by atoms with Crippen molar-refractivity contribution in [3.63, 3.8) is 0 Å². The number of piperidine rings is 1. The van der Waals surface area contributed by atoms with Crippen LogP contribution in [-0.2, 0) is 16.1 Å². The number of amides is 2. The van der Waals surface area contributed by atoms with E-state index in [1.807, 2.05) is 26.0 Å². The number of rotatable bonds is 6. The van der Waals surface area contributed by atoms with E-state index < -0.39 is 0 Å². The highest BCUT2D eigenvalue weighted by Gasteiger charge is 2.48. The van der Waals surface area contributed by atoms with Gasteiger partial charge in [-0.1, -0.05) is 72.2 Å². The summed E-state index contributed by atoms with van der Waals surface area (Å²) in [5.41, 5.74) is 2.35. The lowest BCUT2D eigenvalue weighted by Gasteiger charge is -2.39. The van der Waals surface area contributed by atoms with Crippen LogP contribution in [-0.4, -0.2) is 65.8 Å². The van der Waals surface area contributed by atoms with Gasteiger partial charge < -0.3 is 14.7 Å². The van der Waals surface area contributed by atoms with E-state index in [1.165, 1.54) is 11.1 Å². The Morgan fingerprint density at radius 3 is 2.31 bits per heavy atom. The molecular formula is C30H38BrN3O2. The number of nitrogens with zero attached hydrogens (tertiary/aromatic N) is 3. The van der Waals surface area contributed by atoms with Gasteiger partial charge in [-0.15, -0.1) is 0 Å². The van der Waals surface area contributed by atoms with Crippen LogP contribution in [0.25, 0.3) is 0 Å². The number of likely N-dealkylation sites (tertiary alicyclic amines) is 3. The Balaban J connectivity index is 1.21. The highest BCUT2D eigenvalue weighted by molar-refractivity contribution is 9.10. The van der Waals surface area contributed by atoms with Gasteiger partial charge in [0.25, 0.3) is 0 Å². The number of halogens is 1. The van der Waals surface area contributed by atoms with Crippen molar-refractivity contribution in [1.29, 1.82) is 0 Å². The van der Waals surface area contributed by atoms with Crippen LogP contribution in [0.2, 0.25) is 0 Å². The average Bonchev–Trinajstić information content (AvgIpc) is 3.44. The third-order valence-electron chi connectivity index (χ3n) is 8.67. The van der Waals surface area contributed by atoms with E-state index in [2.05, 4.69) is 73.1 Å². The number of carbonyl (C=O) groups excluding carboxylic acids is 2. The monoisotopic (exact) mass is 551 g/mol. The van der Waals surface area contributed by atoms with Gasteiger partial charge in [0.1, 0.15) is 0 Å². The molecule has 5 nitrogen and oxygen atoms in total. The minimum atomic E-state index is -0.181. The molecule has 0 saturated carbocycles. The number of hydrogen-bond acceptors (Lipinski definition) is 3. The largest absolute Gasteiger partial charge is 0.342 e. The highest BCUT2D eigenvalue weighted by atomic mass is 79.9. The molecule has 0 unspecified atom stereocenters. The van der Waals surface area contributed by atoms with E-state index in [4.69, 9.17) is 0 Å². The van der Waals surface area contributed by atoms with Gasteiger partial charge in [-0.3, -0.25) is 9.59 Å². The van der Waals surface area contributed by atoms with Gasteiger partial charge in [-0.05, 0) is 61.5 Å². The standard InChI is InChI=1S/C30H38BrN3O2/c1-22(2)28(35)34-20-25(27(21-34)24-6-4-3-5-7-24)19-32-15-12-30(13-16-32)14-17-33(29(30)36)18-23-8-10-26(31)11-9-23/h3-11,22,25,27H,12-21H2,1-2H3/t25-,27+/m0/s1. The van der Waals surface area contributed by atoms with Crippen LogP contribution < -0.4 is 0 Å². The quantitative estimate of drug-likeness (QED) is 0.498. The number of carbonyl (C=O) groups is 2. The summed E-state index contributed by atoms with van der Waals surface area (Å²) < 4.78 is 1.07. The summed E-state index contributed by atoms with van der Waals surface area (Å²) >= 11 is 3.49. The van der Waals surface area contributed by atoms with E-state index in [1.54, 1.807) is 0 Å². The topological polar surface area (TPSA) is 43.9 Å². The molecule has 3 fully saturated rings. The Morgan fingerprint density at radius 2 is 1.64 bits per heavy atom. The van der Waals surface area contributed by atoms with Crippen molar-refractivity contribution in [1.82, 2.24) is 14.7 Å². The van der Waals surface area contributed by atoms with Gasteiger partial charge in [-0.25, -0.2) is 0 Å². The lowest BCUT2D eigenvalue weighted by Crippen LogP contribution is -2.46. The summed E-state index contributed by atoms with van der Waals surface area (Å²) in [5.74, 6) is 1.45. The molecule has 5 rings (SSSR count). The zero-order valence-corrected chi connectivity index (χ0v) is 23.1. The van der Waals surface area contributed by atoms with E-state index >= 15 is 0 Å². The van der Waals surface area contributed by atoms with Crippen molar-refractivity contribution in [2.45, 2.75) is 45.6 Å². The van der Waals surface area contributed by atoms with E-state index in [9.17, 15) is 9.59 Å². The fourth-order valence-corrected chi connectivity index (χ4v) is 6.76. The minimum absolute atomic E-state index is 0.0313. The summed E-state index contributed by atoms with van der Waals surface area (Å²) in [4.78, 5) is 33.0. The van der Waals surface area contributed by atoms with Crippen LogP contribution >= 0.6 is 15.9 Å². The molecule has 6 heteroatoms. The van der Waals surface area contributed by atoms with Gasteiger partial charge >= 0.3 is 0 Å². The zero-order valence-electron chi connectivity index (χ0n) is 21.5. The first-order valence-corrected chi connectivity index (χ1v) is 14.2. The maximum absolute atomic E-state index is 13.5. The molecule has 36 heavy (non-hydrogen) atoms. The summed E-state index contributed by atoms with van der Waals surface area (Å²) in [7, 11) is 0. The predicted octanol–water partition coefficient (Wildman–Crippen LogP) is 5.16. The fraction of sp³-hybridized carbons (Fsp3) is 0.533. The Kier molecular flexibility index (Phi) is 7.55. The van der Waals surface area contributed by atoms with Crippen molar-refractivity contribution >= 4 is 27.7 Å². The second-order valence-electron chi connectivity index (χ2n) is 11.4. The second kappa shape index (κ2) is 10.7. The fourth-order valence-electron chi connectivity index (χ4n) is 6.49. The number of hydrogen-bond donors (Lipinski definition) is 0. The highest BCUT2D eigenvalue weighted by Crippen LogP contribution is 2.43. The molecule has 0 radical (unpaired) electrons. The Morgan fingerprint density at radius 1 is 0.972 bits per heavy atom. The van der Waals surface area contributed by atoms with Crippen molar-refractivity contribution < 1.29 is 9.59 Å². The van der Waals surface area contributed by atoms with Gasteiger partial charge in [0.2, 0.25) is 11.8 Å². The summed E-state index contributed by atoms with van der Waals surface area (Å²) in [6, 6.07) is 19.0. The maximum Gasteiger partial charge on any atom is 0.229 e. The van der Waals surface area contributed by atoms with Crippen LogP contribution in [0.3, 0.4) is 0 Å². The van der Waals surface area contributed by atoms with Crippen LogP contribution in [0.1, 0.15) is 50.2 Å². The Labute approximate surface area is 224 Å². The van der Waals surface area contributed by atoms with E-state index in [0.717, 1.165) is 63.0 Å². The molecule has 2 aromatic carbocycles. The Bertz CT molecular complexity index is 1060. The Hall–Kier alpha value is -2.18. The summed E-state index contributed by atoms with van der Waals surface area (Å²) in [5, 5.41) is 0. The van der Waals surface area contributed by atoms with Gasteiger partial charge in [0.05, 0.1) is 5.41 Å². The van der Waals surface area contributed by atoms with Crippen LogP contribution in [0, 0.1) is 17.3 Å². The van der Waals surface area contributed by atoms with Crippen molar-refractivity contribution in [3.05, 3.63) is 70.2 Å². The zero-order chi connectivity index (χ0) is 25.3. The van der Waals surface area contributed by atoms with Gasteiger partial charge in [-0.2, -0.15) is 0 Å². The molecule has 3 aliphatic heterocycles. The first kappa shape index (κ1) is 25.5. The van der Waals surface area contributed by atoms with Gasteiger partial charge in [0.15, 0.2) is 0 Å². The summed E-state index contributed by atoms with van der Waals surface area (Å²) in [6.07, 6.45) is 2.86. The van der Waals surface area contributed by atoms with Gasteiger partial charge in [0, 0.05) is 49.0 Å². The molecule has 2 aromatic rings. The normalized spacial score (nSPS) is 24.3. The molecule has 0 N–H and O–H groups in total. The molecule has 2 amide bonds. The smallest absolute Gasteiger partial charge is 0.229 e. The van der Waals surface area contributed by atoms with Crippen LogP contribution in [0.5, 0.6) is 0 Å². The first-order valence-electron chi connectivity index (χ1n) is 13.4. The van der Waals surface area contributed by atoms with Crippen LogP contribution in [0.15, 0.2) is 59.1 Å². The maximum atomic E-state index is 13.5. The average molecular weight is 553 g/mol. The van der Waals surface area contributed by atoms with Crippen molar-refractivity contribution in [2.75, 3.05) is 39.3 Å². The molecule has 0 bridgehead atoms. The lowest BCUT2D eigenvalue weighted by atomic mass is 9.76. The molecule has 192 valence electrons. The third kappa shape index (κ3) is 5.26. The number of benzene rings is 2. The van der Waals surface area contributed by atoms with Crippen LogP contribution in [0.4, 0.5) is 0 Å². The van der Waals surface area contributed by atoms with Crippen molar-refractivity contribution in [2.24, 2.45) is 17.3 Å². The van der Waals surface area contributed by atoms with E-state index in [0.29, 0.717) is 24.3 Å². The lowest BCUT2D eigenvalue weighted by molar-refractivity contribution is -0.139. The molecular weight excluding hydrogens is 514 g/mol. The third-order valence-corrected chi connectivity index (χ3v) is 9.20. The summed E-state index contributed by atoms with van der Waals surface area (Å²) in [6.45, 7) is 10.1. The SMILES string of the molecule is CC(C)C(=O)N1C[C@H](CN2CCC3(CC2)CCN(Cc2ccc(Br)cc2)C3=O)[C@@H](c2ccccc2)C1. The minimum Gasteiger partial charge on any atom is -0.342 e. The molecule has 2 atom stereocenters. The first-order chi connectivity index (χ1) is 17.3. The van der Waals surface area contributed by atoms with Crippen molar-refractivity contribution in [3.8, 4) is 0 Å². The van der Waals surface area contributed by atoms with E-state index in [-0.39, 0.29) is 17.2 Å². The predicted molar refractivity (Wildman–Crippen MR) is 146 cm³/mol. The molecule has 3 saturated heterocycles. The molecule has 3 heterocycles.